The zero-order chi connectivity index (χ0) is 15.8. The van der Waals surface area contributed by atoms with Gasteiger partial charge in [0.05, 0.1) is 5.69 Å². The van der Waals surface area contributed by atoms with Crippen LogP contribution in [-0.2, 0) is 11.3 Å². The standard InChI is InChI=1S/C15H28N4OS/c1-6-18(7-2)10-12(4)16-9-14-11-21-15(17-14)19(8-3)13(5)20/h11-12,16H,6-10H2,1-5H3. The summed E-state index contributed by atoms with van der Waals surface area (Å²) < 4.78 is 0. The highest BCUT2D eigenvalue weighted by Gasteiger charge is 2.14. The lowest BCUT2D eigenvalue weighted by Gasteiger charge is -2.23. The topological polar surface area (TPSA) is 48.5 Å². The van der Waals surface area contributed by atoms with Gasteiger partial charge in [-0.15, -0.1) is 11.3 Å². The number of carbonyl (C=O) groups is 1. The molecule has 1 rings (SSSR count). The summed E-state index contributed by atoms with van der Waals surface area (Å²) in [4.78, 5) is 20.2. The molecule has 1 amide bonds. The Kier molecular flexibility index (Phi) is 7.85. The minimum Gasteiger partial charge on any atom is -0.307 e. The van der Waals surface area contributed by atoms with Crippen molar-refractivity contribution in [2.75, 3.05) is 31.1 Å². The van der Waals surface area contributed by atoms with Crippen LogP contribution in [0.2, 0.25) is 0 Å². The van der Waals surface area contributed by atoms with Gasteiger partial charge in [0, 0.05) is 38.0 Å². The second kappa shape index (κ2) is 9.12. The third-order valence-corrected chi connectivity index (χ3v) is 4.44. The normalized spacial score (nSPS) is 12.7. The summed E-state index contributed by atoms with van der Waals surface area (Å²) in [6.45, 7) is 14.7. The number of likely N-dealkylation sites (N-methyl/N-ethyl adjacent to an activating group) is 1. The Morgan fingerprint density at radius 1 is 1.33 bits per heavy atom. The molecule has 1 N–H and O–H groups in total. The summed E-state index contributed by atoms with van der Waals surface area (Å²) >= 11 is 1.53. The molecule has 120 valence electrons. The van der Waals surface area contributed by atoms with Gasteiger partial charge in [-0.1, -0.05) is 13.8 Å². The Morgan fingerprint density at radius 2 is 2.00 bits per heavy atom. The molecule has 1 atom stereocenters. The van der Waals surface area contributed by atoms with Crippen molar-refractivity contribution in [2.24, 2.45) is 0 Å². The van der Waals surface area contributed by atoms with Crippen molar-refractivity contribution in [1.82, 2.24) is 15.2 Å². The van der Waals surface area contributed by atoms with Crippen LogP contribution in [-0.4, -0.2) is 48.0 Å². The highest BCUT2D eigenvalue weighted by Crippen LogP contribution is 2.20. The molecule has 0 saturated carbocycles. The fourth-order valence-electron chi connectivity index (χ4n) is 2.21. The van der Waals surface area contributed by atoms with Crippen molar-refractivity contribution in [3.05, 3.63) is 11.1 Å². The van der Waals surface area contributed by atoms with Gasteiger partial charge in [-0.2, -0.15) is 0 Å². The molecule has 1 aromatic heterocycles. The highest BCUT2D eigenvalue weighted by molar-refractivity contribution is 7.14. The second-order valence-corrected chi connectivity index (χ2v) is 5.99. The summed E-state index contributed by atoms with van der Waals surface area (Å²) in [6, 6.07) is 0.421. The minimum absolute atomic E-state index is 0.0428. The molecule has 0 saturated heterocycles. The molecule has 0 aromatic carbocycles. The fraction of sp³-hybridized carbons (Fsp3) is 0.733. The van der Waals surface area contributed by atoms with Crippen LogP contribution >= 0.6 is 11.3 Å². The van der Waals surface area contributed by atoms with E-state index in [1.54, 1.807) is 11.8 Å². The predicted molar refractivity (Wildman–Crippen MR) is 89.9 cm³/mol. The Labute approximate surface area is 132 Å². The van der Waals surface area contributed by atoms with Crippen molar-refractivity contribution in [2.45, 2.75) is 47.2 Å². The molecule has 0 aliphatic carbocycles. The highest BCUT2D eigenvalue weighted by atomic mass is 32.1. The summed E-state index contributed by atoms with van der Waals surface area (Å²) in [6.07, 6.45) is 0. The molecule has 1 aromatic rings. The average Bonchev–Trinajstić information content (AvgIpc) is 2.91. The molecule has 0 radical (unpaired) electrons. The maximum atomic E-state index is 11.5. The zero-order valence-electron chi connectivity index (χ0n) is 13.8. The van der Waals surface area contributed by atoms with Crippen LogP contribution in [0.3, 0.4) is 0 Å². The molecular weight excluding hydrogens is 284 g/mol. The molecule has 1 unspecified atom stereocenters. The van der Waals surface area contributed by atoms with Crippen LogP contribution in [0, 0.1) is 0 Å². The number of nitrogens with zero attached hydrogens (tertiary/aromatic N) is 3. The van der Waals surface area contributed by atoms with E-state index in [0.717, 1.165) is 37.0 Å². The number of nitrogens with one attached hydrogen (secondary N) is 1. The van der Waals surface area contributed by atoms with Gasteiger partial charge in [0.1, 0.15) is 0 Å². The van der Waals surface area contributed by atoms with E-state index in [1.165, 1.54) is 11.3 Å². The Morgan fingerprint density at radius 3 is 2.52 bits per heavy atom. The van der Waals surface area contributed by atoms with Gasteiger partial charge in [0.15, 0.2) is 5.13 Å². The summed E-state index contributed by atoms with van der Waals surface area (Å²) in [5, 5.41) is 6.31. The van der Waals surface area contributed by atoms with E-state index in [0.29, 0.717) is 12.6 Å². The van der Waals surface area contributed by atoms with Crippen LogP contribution in [0.1, 0.15) is 40.3 Å². The first-order valence-corrected chi connectivity index (χ1v) is 8.57. The number of rotatable bonds is 9. The summed E-state index contributed by atoms with van der Waals surface area (Å²) in [5.74, 6) is 0.0428. The number of amides is 1. The van der Waals surface area contributed by atoms with Gasteiger partial charge in [-0.25, -0.2) is 4.98 Å². The first kappa shape index (κ1) is 18.1. The van der Waals surface area contributed by atoms with Crippen LogP contribution < -0.4 is 10.2 Å². The molecule has 21 heavy (non-hydrogen) atoms. The van der Waals surface area contributed by atoms with E-state index in [4.69, 9.17) is 0 Å². The molecule has 5 nitrogen and oxygen atoms in total. The van der Waals surface area contributed by atoms with Gasteiger partial charge in [0.2, 0.25) is 5.91 Å². The minimum atomic E-state index is 0.0428. The lowest BCUT2D eigenvalue weighted by Crippen LogP contribution is -2.38. The quantitative estimate of drug-likeness (QED) is 0.760. The van der Waals surface area contributed by atoms with Crippen LogP contribution in [0.25, 0.3) is 0 Å². The van der Waals surface area contributed by atoms with Gasteiger partial charge in [-0.05, 0) is 26.9 Å². The maximum absolute atomic E-state index is 11.5. The fourth-order valence-corrected chi connectivity index (χ4v) is 3.14. The van der Waals surface area contributed by atoms with Crippen molar-refractivity contribution in [3.8, 4) is 0 Å². The smallest absolute Gasteiger partial charge is 0.225 e. The van der Waals surface area contributed by atoms with E-state index >= 15 is 0 Å². The third-order valence-electron chi connectivity index (χ3n) is 3.52. The number of hydrogen-bond donors (Lipinski definition) is 1. The molecule has 0 aliphatic heterocycles. The lowest BCUT2D eigenvalue weighted by molar-refractivity contribution is -0.116. The van der Waals surface area contributed by atoms with Gasteiger partial charge >= 0.3 is 0 Å². The zero-order valence-corrected chi connectivity index (χ0v) is 14.7. The second-order valence-electron chi connectivity index (χ2n) is 5.15. The van der Waals surface area contributed by atoms with E-state index in [9.17, 15) is 4.79 Å². The van der Waals surface area contributed by atoms with Crippen molar-refractivity contribution >= 4 is 22.4 Å². The predicted octanol–water partition coefficient (Wildman–Crippen LogP) is 2.34. The van der Waals surface area contributed by atoms with Gasteiger partial charge in [-0.3, -0.25) is 9.69 Å². The van der Waals surface area contributed by atoms with Crippen LogP contribution in [0.15, 0.2) is 5.38 Å². The third kappa shape index (κ3) is 5.73. The molecule has 1 heterocycles. The van der Waals surface area contributed by atoms with Gasteiger partial charge in [0.25, 0.3) is 0 Å². The monoisotopic (exact) mass is 312 g/mol. The van der Waals surface area contributed by atoms with Crippen LogP contribution in [0.4, 0.5) is 5.13 Å². The van der Waals surface area contributed by atoms with E-state index in [2.05, 4.69) is 36.0 Å². The van der Waals surface area contributed by atoms with Crippen molar-refractivity contribution < 1.29 is 4.79 Å². The number of aromatic nitrogens is 1. The number of anilines is 1. The van der Waals surface area contributed by atoms with Gasteiger partial charge < -0.3 is 10.2 Å². The SMILES string of the molecule is CCN(CC)CC(C)NCc1csc(N(CC)C(C)=O)n1. The first-order chi connectivity index (χ1) is 10.0. The number of hydrogen-bond acceptors (Lipinski definition) is 5. The number of carbonyl (C=O) groups excluding carboxylic acids is 1. The molecule has 0 fully saturated rings. The molecular formula is C15H28N4OS. The van der Waals surface area contributed by atoms with E-state index < -0.39 is 0 Å². The Bertz CT molecular complexity index is 431. The molecule has 0 spiro atoms. The van der Waals surface area contributed by atoms with Crippen LogP contribution in [0.5, 0.6) is 0 Å². The molecule has 6 heteroatoms. The lowest BCUT2D eigenvalue weighted by atomic mass is 10.3. The average molecular weight is 312 g/mol. The number of thiazole rings is 1. The summed E-state index contributed by atoms with van der Waals surface area (Å²) in [5.41, 5.74) is 1.00. The Hall–Kier alpha value is -0.980. The Balaban J connectivity index is 2.49. The molecule has 0 aliphatic rings. The molecule has 0 bridgehead atoms. The first-order valence-electron chi connectivity index (χ1n) is 7.69. The van der Waals surface area contributed by atoms with E-state index in [1.807, 2.05) is 12.3 Å². The van der Waals surface area contributed by atoms with E-state index in [-0.39, 0.29) is 5.91 Å². The maximum Gasteiger partial charge on any atom is 0.225 e. The summed E-state index contributed by atoms with van der Waals surface area (Å²) in [7, 11) is 0. The van der Waals surface area contributed by atoms with Crippen molar-refractivity contribution in [3.63, 3.8) is 0 Å². The van der Waals surface area contributed by atoms with Crippen molar-refractivity contribution in [1.29, 1.82) is 0 Å². The largest absolute Gasteiger partial charge is 0.307 e.